The van der Waals surface area contributed by atoms with Gasteiger partial charge in [0.1, 0.15) is 6.54 Å². The van der Waals surface area contributed by atoms with E-state index in [9.17, 15) is 14.0 Å². The molecule has 0 spiro atoms. The van der Waals surface area contributed by atoms with Crippen LogP contribution >= 0.6 is 0 Å². The van der Waals surface area contributed by atoms with Gasteiger partial charge in [0.15, 0.2) is 17.6 Å². The maximum atomic E-state index is 14.0. The number of benzene rings is 2. The maximum absolute atomic E-state index is 14.0. The molecular formula is C20H25FN3O3+. The van der Waals surface area contributed by atoms with E-state index in [4.69, 9.17) is 4.74 Å². The zero-order valence-corrected chi connectivity index (χ0v) is 15.7. The number of quaternary nitrogens is 1. The summed E-state index contributed by atoms with van der Waals surface area (Å²) in [5, 5.41) is 4.92. The summed E-state index contributed by atoms with van der Waals surface area (Å²) in [6.45, 7) is 2.58. The number of amides is 3. The van der Waals surface area contributed by atoms with Crippen LogP contribution in [0, 0.1) is 5.82 Å². The molecule has 3 N–H and O–H groups in total. The summed E-state index contributed by atoms with van der Waals surface area (Å²) in [4.78, 5) is 25.3. The highest BCUT2D eigenvalue weighted by Crippen LogP contribution is 2.17. The van der Waals surface area contributed by atoms with Gasteiger partial charge in [-0.2, -0.15) is 0 Å². The third-order valence-corrected chi connectivity index (χ3v) is 4.16. The molecule has 0 aliphatic rings. The van der Waals surface area contributed by atoms with Crippen LogP contribution in [0.25, 0.3) is 0 Å². The number of hydrogen-bond donors (Lipinski definition) is 3. The largest absolute Gasteiger partial charge is 0.494 e. The van der Waals surface area contributed by atoms with E-state index in [0.717, 1.165) is 16.0 Å². The number of carbonyl (C=O) groups is 2. The summed E-state index contributed by atoms with van der Waals surface area (Å²) < 4.78 is 18.9. The number of carbonyl (C=O) groups excluding carboxylic acids is 2. The van der Waals surface area contributed by atoms with Gasteiger partial charge in [0.25, 0.3) is 5.91 Å². The van der Waals surface area contributed by atoms with Crippen molar-refractivity contribution in [3.05, 3.63) is 65.5 Å². The Hall–Kier alpha value is -2.93. The molecule has 3 amide bonds. The molecule has 27 heavy (non-hydrogen) atoms. The number of methoxy groups -OCH3 is 1. The van der Waals surface area contributed by atoms with Crippen LogP contribution in [0.15, 0.2) is 48.5 Å². The summed E-state index contributed by atoms with van der Waals surface area (Å²) in [5.74, 6) is -0.700. The molecule has 0 heterocycles. The van der Waals surface area contributed by atoms with Crippen LogP contribution in [0.4, 0.5) is 9.18 Å². The Bertz CT molecular complexity index is 783. The van der Waals surface area contributed by atoms with Gasteiger partial charge in [-0.25, -0.2) is 9.18 Å². The summed E-state index contributed by atoms with van der Waals surface area (Å²) in [6.07, 6.45) is 0. The van der Waals surface area contributed by atoms with Gasteiger partial charge < -0.3 is 15.0 Å². The molecule has 0 saturated carbocycles. The molecule has 0 aliphatic heterocycles. The smallest absolute Gasteiger partial charge is 0.321 e. The Morgan fingerprint density at radius 1 is 1.19 bits per heavy atom. The van der Waals surface area contributed by atoms with Crippen LogP contribution in [-0.4, -0.2) is 32.6 Å². The standard InChI is InChI=1S/C20H24FN3O3/c1-4-22-20(26)23-19(25)18(15-8-6-5-7-9-15)24(2)13-14-10-11-17(27-3)16(21)12-14/h5-12,18H,4,13H2,1-3H3,(H2,22,23,25,26)/p+1/t18-/m1/s1. The van der Waals surface area contributed by atoms with Crippen molar-refractivity contribution in [1.82, 2.24) is 10.6 Å². The van der Waals surface area contributed by atoms with Crippen LogP contribution in [0.2, 0.25) is 0 Å². The molecule has 2 aromatic carbocycles. The first-order valence-corrected chi connectivity index (χ1v) is 8.74. The van der Waals surface area contributed by atoms with E-state index >= 15 is 0 Å². The fourth-order valence-electron chi connectivity index (χ4n) is 2.94. The van der Waals surface area contributed by atoms with Gasteiger partial charge >= 0.3 is 6.03 Å². The average molecular weight is 374 g/mol. The van der Waals surface area contributed by atoms with Crippen molar-refractivity contribution in [3.63, 3.8) is 0 Å². The van der Waals surface area contributed by atoms with E-state index in [1.807, 2.05) is 37.4 Å². The summed E-state index contributed by atoms with van der Waals surface area (Å²) in [6, 6.07) is 12.7. The molecular weight excluding hydrogens is 349 g/mol. The average Bonchev–Trinajstić information content (AvgIpc) is 2.63. The SMILES string of the molecule is CCNC(=O)NC(=O)[C@@H](c1ccccc1)[NH+](C)Cc1ccc(OC)c(F)c1. The maximum Gasteiger partial charge on any atom is 0.321 e. The van der Waals surface area contributed by atoms with E-state index in [1.165, 1.54) is 13.2 Å². The Balaban J connectivity index is 2.23. The lowest BCUT2D eigenvalue weighted by molar-refractivity contribution is -0.916. The van der Waals surface area contributed by atoms with E-state index in [1.54, 1.807) is 19.1 Å². The third-order valence-electron chi connectivity index (χ3n) is 4.16. The van der Waals surface area contributed by atoms with Gasteiger partial charge in [-0.1, -0.05) is 30.3 Å². The van der Waals surface area contributed by atoms with Crippen LogP contribution in [0.1, 0.15) is 24.1 Å². The lowest BCUT2D eigenvalue weighted by Gasteiger charge is -2.24. The van der Waals surface area contributed by atoms with E-state index in [0.29, 0.717) is 13.1 Å². The van der Waals surface area contributed by atoms with Gasteiger partial charge in [-0.3, -0.25) is 10.1 Å². The highest BCUT2D eigenvalue weighted by Gasteiger charge is 2.30. The summed E-state index contributed by atoms with van der Waals surface area (Å²) in [7, 11) is 3.24. The predicted octanol–water partition coefficient (Wildman–Crippen LogP) is 1.44. The molecule has 7 heteroatoms. The second kappa shape index (κ2) is 9.68. The molecule has 0 aliphatic carbocycles. The van der Waals surface area contributed by atoms with Crippen molar-refractivity contribution in [2.75, 3.05) is 20.7 Å². The molecule has 144 valence electrons. The molecule has 1 unspecified atom stereocenters. The minimum Gasteiger partial charge on any atom is -0.494 e. The minimum atomic E-state index is -0.626. The third kappa shape index (κ3) is 5.52. The number of nitrogens with one attached hydrogen (secondary N) is 3. The van der Waals surface area contributed by atoms with Crippen molar-refractivity contribution in [2.45, 2.75) is 19.5 Å². The van der Waals surface area contributed by atoms with Crippen molar-refractivity contribution >= 4 is 11.9 Å². The monoisotopic (exact) mass is 374 g/mol. The fourth-order valence-corrected chi connectivity index (χ4v) is 2.94. The number of halogens is 1. The summed E-state index contributed by atoms with van der Waals surface area (Å²) >= 11 is 0. The first-order valence-electron chi connectivity index (χ1n) is 8.74. The number of likely N-dealkylation sites (N-methyl/N-ethyl adjacent to an activating group) is 1. The number of hydrogen-bond acceptors (Lipinski definition) is 3. The molecule has 6 nitrogen and oxygen atoms in total. The molecule has 2 atom stereocenters. The Labute approximate surface area is 158 Å². The van der Waals surface area contributed by atoms with Gasteiger partial charge in [0.05, 0.1) is 14.2 Å². The number of imide groups is 1. The molecule has 0 radical (unpaired) electrons. The van der Waals surface area contributed by atoms with E-state index < -0.39 is 23.8 Å². The molecule has 0 aromatic heterocycles. The Morgan fingerprint density at radius 3 is 2.48 bits per heavy atom. The zero-order chi connectivity index (χ0) is 19.8. The summed E-state index contributed by atoms with van der Waals surface area (Å²) in [5.41, 5.74) is 1.49. The highest BCUT2D eigenvalue weighted by atomic mass is 19.1. The van der Waals surface area contributed by atoms with E-state index in [-0.39, 0.29) is 5.75 Å². The quantitative estimate of drug-likeness (QED) is 0.687. The van der Waals surface area contributed by atoms with Crippen molar-refractivity contribution in [2.24, 2.45) is 0 Å². The molecule has 0 saturated heterocycles. The number of rotatable bonds is 7. The highest BCUT2D eigenvalue weighted by molar-refractivity contribution is 5.96. The number of ether oxygens (including phenoxy) is 1. The van der Waals surface area contributed by atoms with E-state index in [2.05, 4.69) is 10.6 Å². The normalized spacial score (nSPS) is 12.7. The van der Waals surface area contributed by atoms with Crippen molar-refractivity contribution in [1.29, 1.82) is 0 Å². The molecule has 0 fully saturated rings. The molecule has 0 bridgehead atoms. The zero-order valence-electron chi connectivity index (χ0n) is 15.7. The number of urea groups is 1. The lowest BCUT2D eigenvalue weighted by atomic mass is 10.0. The lowest BCUT2D eigenvalue weighted by Crippen LogP contribution is -3.09. The van der Waals surface area contributed by atoms with Crippen LogP contribution in [-0.2, 0) is 11.3 Å². The van der Waals surface area contributed by atoms with Crippen molar-refractivity contribution in [3.8, 4) is 5.75 Å². The topological polar surface area (TPSA) is 71.9 Å². The fraction of sp³-hybridized carbons (Fsp3) is 0.300. The molecule has 2 aromatic rings. The molecule has 2 rings (SSSR count). The minimum absolute atomic E-state index is 0.171. The predicted molar refractivity (Wildman–Crippen MR) is 99.9 cm³/mol. The first-order chi connectivity index (χ1) is 13.0. The van der Waals surface area contributed by atoms with Gasteiger partial charge in [0.2, 0.25) is 0 Å². The van der Waals surface area contributed by atoms with Gasteiger partial charge in [-0.15, -0.1) is 0 Å². The Kier molecular flexibility index (Phi) is 7.31. The first kappa shape index (κ1) is 20.4. The van der Waals surface area contributed by atoms with Crippen LogP contribution in [0.3, 0.4) is 0 Å². The van der Waals surface area contributed by atoms with Gasteiger partial charge in [-0.05, 0) is 25.1 Å². The second-order valence-electron chi connectivity index (χ2n) is 6.18. The second-order valence-corrected chi connectivity index (χ2v) is 6.18. The Morgan fingerprint density at radius 2 is 1.89 bits per heavy atom. The van der Waals surface area contributed by atoms with Crippen LogP contribution in [0.5, 0.6) is 5.75 Å². The van der Waals surface area contributed by atoms with Crippen molar-refractivity contribution < 1.29 is 23.6 Å². The van der Waals surface area contributed by atoms with Crippen LogP contribution < -0.4 is 20.3 Å². The van der Waals surface area contributed by atoms with Gasteiger partial charge in [0, 0.05) is 17.7 Å².